The summed E-state index contributed by atoms with van der Waals surface area (Å²) in [7, 11) is 2.88. The summed E-state index contributed by atoms with van der Waals surface area (Å²) >= 11 is 0. The molecule has 2 N–H and O–H groups in total. The van der Waals surface area contributed by atoms with Crippen molar-refractivity contribution < 1.29 is 28.6 Å². The van der Waals surface area contributed by atoms with Crippen LogP contribution in [-0.2, 0) is 32.1 Å². The average Bonchev–Trinajstić information content (AvgIpc) is 2.85. The smallest absolute Gasteiger partial charge is 0.407 e. The molecule has 0 aliphatic rings. The Hall–Kier alpha value is -3.55. The zero-order chi connectivity index (χ0) is 23.9. The maximum Gasteiger partial charge on any atom is 0.407 e. The maximum absolute atomic E-state index is 12.3. The van der Waals surface area contributed by atoms with Crippen LogP contribution in [0.25, 0.3) is 0 Å². The van der Waals surface area contributed by atoms with Crippen molar-refractivity contribution in [2.24, 2.45) is 0 Å². The van der Waals surface area contributed by atoms with Gasteiger partial charge in [0.15, 0.2) is 0 Å². The third kappa shape index (κ3) is 10.1. The number of amides is 2. The van der Waals surface area contributed by atoms with Crippen molar-refractivity contribution in [2.75, 3.05) is 20.8 Å². The second-order valence-corrected chi connectivity index (χ2v) is 7.49. The summed E-state index contributed by atoms with van der Waals surface area (Å²) in [5.74, 6) is 0.0166. The molecule has 0 bridgehead atoms. The van der Waals surface area contributed by atoms with Gasteiger partial charge in [-0.3, -0.25) is 4.79 Å². The number of hydrogen-bond donors (Lipinski definition) is 2. The summed E-state index contributed by atoms with van der Waals surface area (Å²) in [6, 6.07) is 16.0. The first kappa shape index (κ1) is 25.7. The van der Waals surface area contributed by atoms with Crippen molar-refractivity contribution in [3.63, 3.8) is 0 Å². The van der Waals surface area contributed by atoms with E-state index in [2.05, 4.69) is 10.6 Å². The number of esters is 1. The van der Waals surface area contributed by atoms with Crippen LogP contribution in [0.5, 0.6) is 5.75 Å². The van der Waals surface area contributed by atoms with Crippen molar-refractivity contribution in [1.29, 1.82) is 0 Å². The fraction of sp³-hybridized carbons (Fsp3) is 0.400. The van der Waals surface area contributed by atoms with E-state index >= 15 is 0 Å². The molecule has 8 heteroatoms. The van der Waals surface area contributed by atoms with Crippen molar-refractivity contribution >= 4 is 18.0 Å². The molecule has 0 aromatic heterocycles. The summed E-state index contributed by atoms with van der Waals surface area (Å²) in [6.07, 6.45) is 2.28. The number of carbonyl (C=O) groups is 3. The van der Waals surface area contributed by atoms with Crippen LogP contribution in [-0.4, -0.2) is 44.8 Å². The molecule has 2 aromatic rings. The second kappa shape index (κ2) is 14.5. The third-order valence-corrected chi connectivity index (χ3v) is 4.98. The lowest BCUT2D eigenvalue weighted by Crippen LogP contribution is -2.43. The fourth-order valence-electron chi connectivity index (χ4n) is 3.15. The summed E-state index contributed by atoms with van der Waals surface area (Å²) in [6.45, 7) is 0.697. The molecular weight excluding hydrogens is 424 g/mol. The van der Waals surface area contributed by atoms with Crippen LogP contribution < -0.4 is 15.4 Å². The van der Waals surface area contributed by atoms with Crippen molar-refractivity contribution in [2.45, 2.75) is 44.8 Å². The van der Waals surface area contributed by atoms with Gasteiger partial charge >= 0.3 is 12.1 Å². The summed E-state index contributed by atoms with van der Waals surface area (Å²) in [5, 5.41) is 5.45. The highest BCUT2D eigenvalue weighted by Crippen LogP contribution is 2.13. The molecule has 0 saturated carbocycles. The molecule has 0 radical (unpaired) electrons. The number of unbranched alkanes of at least 4 members (excludes halogenated alkanes) is 2. The molecule has 2 rings (SSSR count). The second-order valence-electron chi connectivity index (χ2n) is 7.49. The molecule has 2 aromatic carbocycles. The third-order valence-electron chi connectivity index (χ3n) is 4.98. The van der Waals surface area contributed by atoms with E-state index in [-0.39, 0.29) is 18.9 Å². The number of methoxy groups -OCH3 is 2. The first-order valence-corrected chi connectivity index (χ1v) is 11.0. The number of carbonyl (C=O) groups excluding carboxylic acids is 3. The Morgan fingerprint density at radius 2 is 1.61 bits per heavy atom. The number of rotatable bonds is 13. The molecule has 0 saturated heterocycles. The van der Waals surface area contributed by atoms with Gasteiger partial charge in [-0.1, -0.05) is 48.9 Å². The minimum atomic E-state index is -0.753. The minimum absolute atomic E-state index is 0.214. The van der Waals surface area contributed by atoms with Gasteiger partial charge in [-0.2, -0.15) is 0 Å². The van der Waals surface area contributed by atoms with Crippen LogP contribution in [0.1, 0.15) is 36.8 Å². The van der Waals surface area contributed by atoms with Gasteiger partial charge in [-0.15, -0.1) is 0 Å². The van der Waals surface area contributed by atoms with Gasteiger partial charge in [0.05, 0.1) is 14.2 Å². The number of alkyl carbamates (subject to hydrolysis) is 1. The van der Waals surface area contributed by atoms with Gasteiger partial charge in [0, 0.05) is 19.4 Å². The largest absolute Gasteiger partial charge is 0.497 e. The molecule has 2 amide bonds. The van der Waals surface area contributed by atoms with Crippen LogP contribution in [0, 0.1) is 0 Å². The van der Waals surface area contributed by atoms with Gasteiger partial charge < -0.3 is 24.8 Å². The minimum Gasteiger partial charge on any atom is -0.497 e. The number of nitrogens with one attached hydrogen (secondary N) is 2. The lowest BCUT2D eigenvalue weighted by atomic mass is 10.1. The molecule has 0 spiro atoms. The Labute approximate surface area is 194 Å². The number of hydrogen-bond acceptors (Lipinski definition) is 6. The van der Waals surface area contributed by atoms with Crippen LogP contribution >= 0.6 is 0 Å². The van der Waals surface area contributed by atoms with Gasteiger partial charge in [0.2, 0.25) is 5.91 Å². The molecule has 0 aliphatic carbocycles. The zero-order valence-electron chi connectivity index (χ0n) is 19.2. The highest BCUT2D eigenvalue weighted by molar-refractivity contribution is 5.84. The monoisotopic (exact) mass is 456 g/mol. The zero-order valence-corrected chi connectivity index (χ0v) is 19.2. The van der Waals surface area contributed by atoms with E-state index < -0.39 is 18.1 Å². The molecule has 8 nitrogen and oxygen atoms in total. The lowest BCUT2D eigenvalue weighted by molar-refractivity contribution is -0.145. The molecule has 0 aliphatic heterocycles. The van der Waals surface area contributed by atoms with E-state index in [9.17, 15) is 14.4 Å². The van der Waals surface area contributed by atoms with Crippen molar-refractivity contribution in [3.05, 3.63) is 65.7 Å². The standard InChI is InChI=1S/C25H32N2O6/c1-31-21-14-12-19(13-15-21)17-22(24(29)32-2)27-23(28)11-7-4-8-16-26-25(30)33-18-20-9-5-3-6-10-20/h3,5-6,9-10,12-15,22H,4,7-8,11,16-18H2,1-2H3,(H,26,30)(H,27,28)/t22-/m0/s1. The quantitative estimate of drug-likeness (QED) is 0.354. The van der Waals surface area contributed by atoms with Crippen LogP contribution in [0.15, 0.2) is 54.6 Å². The van der Waals surface area contributed by atoms with Gasteiger partial charge in [0.25, 0.3) is 0 Å². The Kier molecular flexibility index (Phi) is 11.3. The molecule has 1 atom stereocenters. The van der Waals surface area contributed by atoms with Crippen LogP contribution in [0.3, 0.4) is 0 Å². The van der Waals surface area contributed by atoms with Gasteiger partial charge in [-0.25, -0.2) is 9.59 Å². The molecule has 178 valence electrons. The Morgan fingerprint density at radius 3 is 2.27 bits per heavy atom. The van der Waals surface area contributed by atoms with Gasteiger partial charge in [0.1, 0.15) is 18.4 Å². The molecule has 0 fully saturated rings. The van der Waals surface area contributed by atoms with E-state index in [4.69, 9.17) is 14.2 Å². The van der Waals surface area contributed by atoms with Crippen LogP contribution in [0.2, 0.25) is 0 Å². The summed E-state index contributed by atoms with van der Waals surface area (Å²) in [4.78, 5) is 36.1. The molecule has 33 heavy (non-hydrogen) atoms. The first-order valence-electron chi connectivity index (χ1n) is 11.0. The average molecular weight is 457 g/mol. The van der Waals surface area contributed by atoms with E-state index in [1.54, 1.807) is 19.2 Å². The van der Waals surface area contributed by atoms with E-state index in [1.807, 2.05) is 42.5 Å². The van der Waals surface area contributed by atoms with E-state index in [1.165, 1.54) is 7.11 Å². The summed E-state index contributed by atoms with van der Waals surface area (Å²) in [5.41, 5.74) is 1.81. The lowest BCUT2D eigenvalue weighted by Gasteiger charge is -2.17. The maximum atomic E-state index is 12.3. The normalized spacial score (nSPS) is 11.2. The van der Waals surface area contributed by atoms with Crippen molar-refractivity contribution in [1.82, 2.24) is 10.6 Å². The Morgan fingerprint density at radius 1 is 0.879 bits per heavy atom. The Balaban J connectivity index is 1.62. The molecular formula is C25H32N2O6. The Bertz CT molecular complexity index is 870. The molecule has 0 unspecified atom stereocenters. The van der Waals surface area contributed by atoms with E-state index in [0.717, 1.165) is 29.7 Å². The SMILES string of the molecule is COC(=O)[C@H](Cc1ccc(OC)cc1)NC(=O)CCCCCNC(=O)OCc1ccccc1. The topological polar surface area (TPSA) is 103 Å². The summed E-state index contributed by atoms with van der Waals surface area (Å²) < 4.78 is 15.1. The number of benzene rings is 2. The molecule has 0 heterocycles. The van der Waals surface area contributed by atoms with Crippen molar-refractivity contribution in [3.8, 4) is 5.75 Å². The van der Waals surface area contributed by atoms with E-state index in [0.29, 0.717) is 19.4 Å². The predicted octanol–water partition coefficient (Wildman–Crippen LogP) is 3.38. The predicted molar refractivity (Wildman–Crippen MR) is 124 cm³/mol. The first-order chi connectivity index (χ1) is 16.0. The number of ether oxygens (including phenoxy) is 3. The van der Waals surface area contributed by atoms with Gasteiger partial charge in [-0.05, 0) is 36.1 Å². The highest BCUT2D eigenvalue weighted by Gasteiger charge is 2.21. The van der Waals surface area contributed by atoms with Crippen LogP contribution in [0.4, 0.5) is 4.79 Å². The fourth-order valence-corrected chi connectivity index (χ4v) is 3.15. The highest BCUT2D eigenvalue weighted by atomic mass is 16.5.